The molecule has 2 unspecified atom stereocenters. The summed E-state index contributed by atoms with van der Waals surface area (Å²) in [7, 11) is 0. The summed E-state index contributed by atoms with van der Waals surface area (Å²) < 4.78 is 0. The minimum Gasteiger partial charge on any atom is -0.388 e. The topological polar surface area (TPSA) is 46.2 Å². The van der Waals surface area contributed by atoms with Gasteiger partial charge in [-0.25, -0.2) is 0 Å². The van der Waals surface area contributed by atoms with Crippen molar-refractivity contribution in [3.05, 3.63) is 69.7 Å². The number of aliphatic hydroxyl groups excluding tert-OH is 1. The van der Waals surface area contributed by atoms with Crippen LogP contribution in [0.5, 0.6) is 0 Å². The van der Waals surface area contributed by atoms with Gasteiger partial charge in [-0.1, -0.05) is 48.0 Å². The van der Waals surface area contributed by atoms with Crippen molar-refractivity contribution >= 4 is 11.6 Å². The molecule has 0 bridgehead atoms. The molecule has 3 heteroatoms. The molecule has 2 rings (SSSR count). The largest absolute Gasteiger partial charge is 0.388 e. The van der Waals surface area contributed by atoms with Crippen LogP contribution in [0.4, 0.5) is 0 Å². The minimum absolute atomic E-state index is 0.203. The van der Waals surface area contributed by atoms with Crippen molar-refractivity contribution in [1.29, 1.82) is 0 Å². The first-order chi connectivity index (χ1) is 9.54. The summed E-state index contributed by atoms with van der Waals surface area (Å²) >= 11 is 6.22. The Morgan fingerprint density at radius 3 is 2.40 bits per heavy atom. The normalized spacial score (nSPS) is 14.1. The zero-order valence-electron chi connectivity index (χ0n) is 11.8. The summed E-state index contributed by atoms with van der Waals surface area (Å²) in [6, 6.07) is 13.5. The highest BCUT2D eigenvalue weighted by Crippen LogP contribution is 2.34. The van der Waals surface area contributed by atoms with E-state index in [0.717, 1.165) is 16.7 Å². The monoisotopic (exact) mass is 289 g/mol. The quantitative estimate of drug-likeness (QED) is 0.901. The Hall–Kier alpha value is -1.35. The average molecular weight is 290 g/mol. The standard InChI is InChI=1S/C17H20ClNO/c1-11-7-8-13(9-12(11)2)17(20)15(10-19)14-5-3-4-6-16(14)18/h3-9,15,17,20H,10,19H2,1-2H3. The Balaban J connectivity index is 2.36. The first-order valence-corrected chi connectivity index (χ1v) is 7.12. The number of hydrogen-bond donors (Lipinski definition) is 2. The van der Waals surface area contributed by atoms with Crippen LogP contribution in [0.15, 0.2) is 42.5 Å². The molecule has 20 heavy (non-hydrogen) atoms. The number of aliphatic hydroxyl groups is 1. The van der Waals surface area contributed by atoms with E-state index in [2.05, 4.69) is 6.92 Å². The van der Waals surface area contributed by atoms with Crippen molar-refractivity contribution in [3.8, 4) is 0 Å². The molecule has 0 saturated heterocycles. The van der Waals surface area contributed by atoms with Gasteiger partial charge < -0.3 is 10.8 Å². The van der Waals surface area contributed by atoms with Crippen LogP contribution in [-0.4, -0.2) is 11.7 Å². The summed E-state index contributed by atoms with van der Waals surface area (Å²) in [5, 5.41) is 11.3. The van der Waals surface area contributed by atoms with Crippen LogP contribution in [0.1, 0.15) is 34.3 Å². The van der Waals surface area contributed by atoms with Gasteiger partial charge in [0.25, 0.3) is 0 Å². The molecule has 0 aliphatic carbocycles. The molecule has 0 fully saturated rings. The third-order valence-corrected chi connectivity index (χ3v) is 4.16. The molecule has 2 aromatic rings. The summed E-state index contributed by atoms with van der Waals surface area (Å²) in [5.74, 6) is -0.203. The summed E-state index contributed by atoms with van der Waals surface area (Å²) in [6.07, 6.45) is -0.654. The third-order valence-electron chi connectivity index (χ3n) is 3.81. The average Bonchev–Trinajstić information content (AvgIpc) is 2.44. The van der Waals surface area contributed by atoms with Crippen LogP contribution in [0.3, 0.4) is 0 Å². The molecule has 0 saturated carbocycles. The minimum atomic E-state index is -0.654. The second-order valence-electron chi connectivity index (χ2n) is 5.15. The fourth-order valence-electron chi connectivity index (χ4n) is 2.38. The number of hydrogen-bond acceptors (Lipinski definition) is 2. The van der Waals surface area contributed by atoms with E-state index in [1.165, 1.54) is 5.56 Å². The Bertz CT molecular complexity index is 597. The SMILES string of the molecule is Cc1ccc(C(O)C(CN)c2ccccc2Cl)cc1C. The van der Waals surface area contributed by atoms with Gasteiger partial charge in [0.2, 0.25) is 0 Å². The first-order valence-electron chi connectivity index (χ1n) is 6.74. The van der Waals surface area contributed by atoms with Gasteiger partial charge in [0.15, 0.2) is 0 Å². The van der Waals surface area contributed by atoms with Crippen LogP contribution in [-0.2, 0) is 0 Å². The summed E-state index contributed by atoms with van der Waals surface area (Å²) in [4.78, 5) is 0. The lowest BCUT2D eigenvalue weighted by atomic mass is 9.88. The molecule has 0 spiro atoms. The molecule has 3 N–H and O–H groups in total. The van der Waals surface area contributed by atoms with Crippen molar-refractivity contribution in [1.82, 2.24) is 0 Å². The lowest BCUT2D eigenvalue weighted by molar-refractivity contribution is 0.147. The molecule has 106 valence electrons. The van der Waals surface area contributed by atoms with Gasteiger partial charge in [-0.2, -0.15) is 0 Å². The van der Waals surface area contributed by atoms with E-state index in [1.54, 1.807) is 0 Å². The van der Waals surface area contributed by atoms with E-state index < -0.39 is 6.10 Å². The van der Waals surface area contributed by atoms with Crippen LogP contribution in [0.25, 0.3) is 0 Å². The second-order valence-corrected chi connectivity index (χ2v) is 5.56. The molecule has 2 nitrogen and oxygen atoms in total. The van der Waals surface area contributed by atoms with Gasteiger partial charge >= 0.3 is 0 Å². The maximum atomic E-state index is 10.6. The number of aryl methyl sites for hydroxylation is 2. The molecule has 0 aromatic heterocycles. The van der Waals surface area contributed by atoms with Gasteiger partial charge in [0.05, 0.1) is 6.10 Å². The van der Waals surface area contributed by atoms with Crippen molar-refractivity contribution in [3.63, 3.8) is 0 Å². The zero-order chi connectivity index (χ0) is 14.7. The molecular formula is C17H20ClNO. The lowest BCUT2D eigenvalue weighted by Crippen LogP contribution is -2.20. The predicted octanol–water partition coefficient (Wildman–Crippen LogP) is 3.73. The summed E-state index contributed by atoms with van der Waals surface area (Å²) in [6.45, 7) is 4.44. The van der Waals surface area contributed by atoms with Gasteiger partial charge in [-0.15, -0.1) is 0 Å². The van der Waals surface area contributed by atoms with E-state index in [0.29, 0.717) is 11.6 Å². The van der Waals surface area contributed by atoms with Gasteiger partial charge in [0.1, 0.15) is 0 Å². The number of benzene rings is 2. The molecular weight excluding hydrogens is 270 g/mol. The summed E-state index contributed by atoms with van der Waals surface area (Å²) in [5.41, 5.74) is 10.0. The Labute approximate surface area is 125 Å². The van der Waals surface area contributed by atoms with E-state index in [-0.39, 0.29) is 5.92 Å². The van der Waals surface area contributed by atoms with Crippen molar-refractivity contribution in [2.75, 3.05) is 6.54 Å². The first kappa shape index (κ1) is 15.0. The fraction of sp³-hybridized carbons (Fsp3) is 0.294. The Kier molecular flexibility index (Phi) is 4.81. The fourth-order valence-corrected chi connectivity index (χ4v) is 2.66. The van der Waals surface area contributed by atoms with Crippen molar-refractivity contribution < 1.29 is 5.11 Å². The van der Waals surface area contributed by atoms with Crippen LogP contribution in [0, 0.1) is 13.8 Å². The molecule has 0 amide bonds. The Morgan fingerprint density at radius 2 is 1.80 bits per heavy atom. The number of rotatable bonds is 4. The van der Waals surface area contributed by atoms with E-state index in [4.69, 9.17) is 17.3 Å². The molecule has 0 heterocycles. The predicted molar refractivity (Wildman–Crippen MR) is 84.1 cm³/mol. The van der Waals surface area contributed by atoms with E-state index in [1.807, 2.05) is 49.4 Å². The van der Waals surface area contributed by atoms with Gasteiger partial charge in [-0.05, 0) is 42.2 Å². The zero-order valence-corrected chi connectivity index (χ0v) is 12.6. The van der Waals surface area contributed by atoms with Gasteiger partial charge in [-0.3, -0.25) is 0 Å². The highest BCUT2D eigenvalue weighted by atomic mass is 35.5. The molecule has 0 radical (unpaired) electrons. The van der Waals surface area contributed by atoms with Crippen molar-refractivity contribution in [2.24, 2.45) is 5.73 Å². The van der Waals surface area contributed by atoms with Crippen LogP contribution >= 0.6 is 11.6 Å². The van der Waals surface area contributed by atoms with Crippen LogP contribution in [0.2, 0.25) is 5.02 Å². The number of halogens is 1. The number of nitrogens with two attached hydrogens (primary N) is 1. The maximum absolute atomic E-state index is 10.6. The molecule has 0 aliphatic rings. The van der Waals surface area contributed by atoms with E-state index >= 15 is 0 Å². The lowest BCUT2D eigenvalue weighted by Gasteiger charge is -2.23. The highest BCUT2D eigenvalue weighted by molar-refractivity contribution is 6.31. The van der Waals surface area contributed by atoms with Gasteiger partial charge in [0, 0.05) is 17.5 Å². The van der Waals surface area contributed by atoms with Crippen LogP contribution < -0.4 is 5.73 Å². The molecule has 2 atom stereocenters. The van der Waals surface area contributed by atoms with E-state index in [9.17, 15) is 5.11 Å². The highest BCUT2D eigenvalue weighted by Gasteiger charge is 2.23. The Morgan fingerprint density at radius 1 is 1.10 bits per heavy atom. The molecule has 2 aromatic carbocycles. The molecule has 0 aliphatic heterocycles. The maximum Gasteiger partial charge on any atom is 0.0871 e. The second kappa shape index (κ2) is 6.40. The third kappa shape index (κ3) is 3.04. The van der Waals surface area contributed by atoms with Crippen molar-refractivity contribution in [2.45, 2.75) is 25.9 Å². The smallest absolute Gasteiger partial charge is 0.0871 e.